The third kappa shape index (κ3) is 23.2. The zero-order valence-electron chi connectivity index (χ0n) is 79.0. The molecule has 8 aliphatic rings. The Morgan fingerprint density at radius 3 is 1.18 bits per heavy atom. The van der Waals surface area contributed by atoms with Crippen molar-refractivity contribution in [2.24, 2.45) is 66.4 Å². The van der Waals surface area contributed by atoms with E-state index < -0.39 is 14.8 Å². The number of nitrogens with zero attached hydrogens (tertiary/aromatic N) is 22. The molecular formula is C96H126MnN24O9. The number of hydrogen-bond donors (Lipinski definition) is 2. The third-order valence-electron chi connectivity index (χ3n) is 25.3. The number of ether oxygens (including phenoxy) is 4. The second kappa shape index (κ2) is 44.7. The molecule has 2 N–H and O–H groups in total. The molecule has 691 valence electrons. The number of carbonyl (C=O) groups is 3. The van der Waals surface area contributed by atoms with Gasteiger partial charge in [0, 0.05) is 204 Å². The quantitative estimate of drug-likeness (QED) is 0.107. The van der Waals surface area contributed by atoms with Crippen LogP contribution in [-0.2, 0) is 176 Å². The second-order valence-electron chi connectivity index (χ2n) is 33.4. The van der Waals surface area contributed by atoms with E-state index in [1.54, 1.807) is 42.5 Å². The summed E-state index contributed by atoms with van der Waals surface area (Å²) in [5.41, 5.74) is 32.3. The van der Waals surface area contributed by atoms with E-state index in [1.807, 2.05) is 213 Å². The number of nitrogens with one attached hydrogen (secondary N) is 2. The number of fused-ring (bicyclic) bond motifs is 8. The van der Waals surface area contributed by atoms with Crippen LogP contribution in [0.3, 0.4) is 0 Å². The van der Waals surface area contributed by atoms with Gasteiger partial charge in [0.1, 0.15) is 34.4 Å². The molecule has 20 rings (SSSR count). The Morgan fingerprint density at radius 2 is 0.715 bits per heavy atom. The first-order valence-corrected chi connectivity index (χ1v) is 45.1. The van der Waals surface area contributed by atoms with E-state index in [4.69, 9.17) is 26.6 Å². The SMILES string of the molecule is COc1ccc(CN2CCc3c(C)nn(C)c3C2)cc1.COc1ccc(CN2CCc3c(C)nn(C)c3C2=O)cc1.COc1ccc(CN2CCc3c(nn(C)c3C)C2=O)cc1.COc1ccc(CN2CCc3c(nn(C)c3C)C2=O)cc1.Cc1c2c(nn1C)C=NCC2.Cc1c2c(nn1C)CNCC2.Cc1nn(C)c2c1CCN=C2.Cc1nn(C)c2c1CCNC2.[O]=[Mn]=[O]. The molecule has 16 heterocycles. The van der Waals surface area contributed by atoms with Crippen molar-refractivity contribution in [3.63, 3.8) is 0 Å². The Hall–Kier alpha value is -12.5. The van der Waals surface area contributed by atoms with E-state index in [2.05, 4.69) is 113 Å². The molecule has 0 aliphatic carbocycles. The number of amides is 3. The molecule has 0 unspecified atom stereocenters. The fourth-order valence-electron chi connectivity index (χ4n) is 17.5. The summed E-state index contributed by atoms with van der Waals surface area (Å²) >= 11 is -1.44. The minimum atomic E-state index is -1.44. The summed E-state index contributed by atoms with van der Waals surface area (Å²) in [5, 5.41) is 41.7. The average Bonchev–Trinajstić information content (AvgIpc) is 1.63. The Bertz CT molecular complexity index is 5860. The van der Waals surface area contributed by atoms with Gasteiger partial charge < -0.3 is 44.3 Å². The van der Waals surface area contributed by atoms with Gasteiger partial charge in [-0.1, -0.05) is 48.5 Å². The van der Waals surface area contributed by atoms with Crippen LogP contribution in [0.1, 0.15) is 172 Å². The van der Waals surface area contributed by atoms with E-state index >= 15 is 0 Å². The molecule has 0 bridgehead atoms. The minimum absolute atomic E-state index is 0.0239. The number of benzene rings is 4. The Morgan fingerprint density at radius 1 is 0.346 bits per heavy atom. The molecule has 34 heteroatoms. The first-order valence-electron chi connectivity index (χ1n) is 44.1. The molecule has 3 amide bonds. The van der Waals surface area contributed by atoms with Crippen LogP contribution in [0.15, 0.2) is 107 Å². The Kier molecular flexibility index (Phi) is 33.2. The molecule has 0 saturated carbocycles. The summed E-state index contributed by atoms with van der Waals surface area (Å²) in [7, 11) is 22.2. The second-order valence-corrected chi connectivity index (χ2v) is 33.6. The topological polar surface area (TPSA) is 327 Å². The summed E-state index contributed by atoms with van der Waals surface area (Å²) in [6, 6.07) is 31.8. The van der Waals surface area contributed by atoms with Crippen LogP contribution in [0.4, 0.5) is 0 Å². The van der Waals surface area contributed by atoms with Crippen LogP contribution in [0.25, 0.3) is 0 Å². The number of hydrogen-bond acceptors (Lipinski definition) is 22. The van der Waals surface area contributed by atoms with Crippen LogP contribution >= 0.6 is 0 Å². The number of aryl methyl sites for hydroxylation is 12. The van der Waals surface area contributed by atoms with Gasteiger partial charge in [-0.05, 0) is 207 Å². The molecule has 4 aromatic carbocycles. The molecular weight excluding hydrogens is 1690 g/mol. The van der Waals surface area contributed by atoms with Gasteiger partial charge in [-0.15, -0.1) is 0 Å². The van der Waals surface area contributed by atoms with Crippen molar-refractivity contribution in [2.45, 2.75) is 153 Å². The summed E-state index contributed by atoms with van der Waals surface area (Å²) in [6.07, 6.45) is 11.9. The molecule has 12 aromatic rings. The number of rotatable bonds is 12. The van der Waals surface area contributed by atoms with Crippen molar-refractivity contribution < 1.29 is 55.8 Å². The molecule has 0 atom stereocenters. The first-order chi connectivity index (χ1) is 62.5. The molecule has 33 nitrogen and oxygen atoms in total. The third-order valence-corrected chi connectivity index (χ3v) is 25.3. The number of carbonyl (C=O) groups excluding carboxylic acids is 3. The molecule has 8 aliphatic heterocycles. The summed E-state index contributed by atoms with van der Waals surface area (Å²) in [4.78, 5) is 54.1. The molecule has 0 radical (unpaired) electrons. The van der Waals surface area contributed by atoms with Crippen molar-refractivity contribution >= 4 is 30.2 Å². The van der Waals surface area contributed by atoms with Gasteiger partial charge in [0.15, 0.2) is 11.4 Å². The predicted molar refractivity (Wildman–Crippen MR) is 493 cm³/mol. The normalized spacial score (nSPS) is 14.7. The number of methoxy groups -OCH3 is 4. The molecule has 0 spiro atoms. The van der Waals surface area contributed by atoms with Gasteiger partial charge in [-0.3, -0.25) is 66.7 Å². The van der Waals surface area contributed by atoms with Crippen molar-refractivity contribution in [1.82, 2.24) is 108 Å². The van der Waals surface area contributed by atoms with Gasteiger partial charge in [0.25, 0.3) is 17.7 Å². The van der Waals surface area contributed by atoms with E-state index in [9.17, 15) is 14.4 Å². The van der Waals surface area contributed by atoms with E-state index in [-0.39, 0.29) is 17.7 Å². The van der Waals surface area contributed by atoms with Crippen LogP contribution < -0.4 is 29.6 Å². The van der Waals surface area contributed by atoms with Crippen LogP contribution in [-0.4, -0.2) is 209 Å². The van der Waals surface area contributed by atoms with Gasteiger partial charge in [0.05, 0.1) is 74.0 Å². The molecule has 0 saturated heterocycles. The maximum absolute atomic E-state index is 12.6. The molecule has 0 fully saturated rings. The van der Waals surface area contributed by atoms with Crippen LogP contribution in [0, 0.1) is 55.4 Å². The number of aromatic nitrogens is 16. The maximum atomic E-state index is 12.6. The van der Waals surface area contributed by atoms with Crippen molar-refractivity contribution in [1.29, 1.82) is 0 Å². The van der Waals surface area contributed by atoms with Gasteiger partial charge in [0.2, 0.25) is 0 Å². The van der Waals surface area contributed by atoms with Crippen LogP contribution in [0.5, 0.6) is 23.0 Å². The standard InChI is InChI=1S/3C16H19N3O2.C16H21N3O.C8H13N3.C8H11N3.C8H13N3.C8H11N3.Mn.2O/c2*1-11-14-8-9-19(16(20)15(14)17-18(11)2)10-12-4-6-13(21-3)7-5-12;1-11-14-8-9-19(16(20)15(14)18(2)17-11)10-12-4-6-13(21-3)7-5-12;1-12-15-8-9-19(11-16(15)18(2)17-12)10-13-4-6-14(20-3)7-5-13;2*1-6-7-3-4-9-5-8(7)10-11(6)2;2*1-6-7-3-4-9-5-8(7)11(2)10-6;;;/h3*4-7H,8-10H2,1-3H3;4-7H,8-11H2,1-3H3;9H,3-5H2,1-2H3;5H,3-4H2,1-2H3;9H,3-5H2,1-2H3;5H,3-4H2,1-2H3;;;. The zero-order chi connectivity index (χ0) is 93.1. The van der Waals surface area contributed by atoms with E-state index in [1.165, 1.54) is 78.9 Å². The summed E-state index contributed by atoms with van der Waals surface area (Å²) in [5.74, 6) is 3.50. The Labute approximate surface area is 767 Å². The zero-order valence-corrected chi connectivity index (χ0v) is 80.2. The van der Waals surface area contributed by atoms with E-state index in [0.29, 0.717) is 31.0 Å². The number of aliphatic imine (C=N–C) groups is 2. The van der Waals surface area contributed by atoms with Crippen molar-refractivity contribution in [3.05, 3.63) is 255 Å². The average molecular weight is 1820 g/mol. The van der Waals surface area contributed by atoms with Crippen LogP contribution in [0.2, 0.25) is 0 Å². The van der Waals surface area contributed by atoms with Crippen molar-refractivity contribution in [3.8, 4) is 23.0 Å². The van der Waals surface area contributed by atoms with Gasteiger partial charge in [-0.2, -0.15) is 40.8 Å². The van der Waals surface area contributed by atoms with Crippen molar-refractivity contribution in [2.75, 3.05) is 80.8 Å². The summed E-state index contributed by atoms with van der Waals surface area (Å²) in [6.45, 7) is 29.5. The monoisotopic (exact) mass is 1810 g/mol. The Balaban J connectivity index is 0.000000136. The predicted octanol–water partition coefficient (Wildman–Crippen LogP) is 10.0. The molecule has 8 aromatic heterocycles. The van der Waals surface area contributed by atoms with Gasteiger partial charge >= 0.3 is 22.5 Å². The molecule has 130 heavy (non-hydrogen) atoms. The van der Waals surface area contributed by atoms with E-state index in [0.717, 1.165) is 220 Å². The van der Waals surface area contributed by atoms with Gasteiger partial charge in [-0.25, -0.2) is 0 Å². The fraction of sp³-hybridized carbons (Fsp3) is 0.448. The summed E-state index contributed by atoms with van der Waals surface area (Å²) < 4.78 is 52.5. The fourth-order valence-corrected chi connectivity index (χ4v) is 17.5. The first kappa shape index (κ1) is 96.6.